The van der Waals surface area contributed by atoms with Gasteiger partial charge in [-0.25, -0.2) is 0 Å². The predicted octanol–water partition coefficient (Wildman–Crippen LogP) is 22.0. The maximum absolute atomic E-state index is 2.33. The summed E-state index contributed by atoms with van der Waals surface area (Å²) in [5, 5.41) is 15.5. The van der Waals surface area contributed by atoms with Crippen molar-refractivity contribution in [1.29, 1.82) is 0 Å². The van der Waals surface area contributed by atoms with Gasteiger partial charge in [-0.05, 0) is 168 Å². The first-order valence-corrected chi connectivity index (χ1v) is 26.9. The molecule has 0 aliphatic heterocycles. The summed E-state index contributed by atoms with van der Waals surface area (Å²) >= 11 is 0. The van der Waals surface area contributed by atoms with Gasteiger partial charge in [0.15, 0.2) is 0 Å². The van der Waals surface area contributed by atoms with Gasteiger partial charge in [0, 0.05) is 0 Å². The van der Waals surface area contributed by atoms with E-state index in [4.69, 9.17) is 0 Å². The molecule has 15 aromatic carbocycles. The Morgan fingerprint density at radius 3 is 0.654 bits per heavy atom. The minimum absolute atomic E-state index is 1.25. The Hall–Kier alpha value is -10.1. The van der Waals surface area contributed by atoms with E-state index in [2.05, 4.69) is 328 Å². The molecule has 0 saturated heterocycles. The molecule has 0 unspecified atom stereocenters. The zero-order chi connectivity index (χ0) is 52.0. The van der Waals surface area contributed by atoms with Gasteiger partial charge in [-0.2, -0.15) is 0 Å². The molecule has 0 saturated carbocycles. The lowest BCUT2D eigenvalue weighted by molar-refractivity contribution is 1.61. The van der Waals surface area contributed by atoms with Crippen LogP contribution in [-0.2, 0) is 0 Å². The van der Waals surface area contributed by atoms with Crippen LogP contribution in [0.3, 0.4) is 0 Å². The van der Waals surface area contributed by atoms with Gasteiger partial charge in [0.1, 0.15) is 0 Å². The molecule has 0 spiro atoms. The highest BCUT2D eigenvalue weighted by molar-refractivity contribution is 6.21. The molecular weight excluding hydrogens is 937 g/mol. The minimum atomic E-state index is 1.25. The third-order valence-electron chi connectivity index (χ3n) is 15.1. The van der Waals surface area contributed by atoms with E-state index < -0.39 is 0 Å². The average Bonchev–Trinajstić information content (AvgIpc) is 3.68. The molecule has 0 radical (unpaired) electrons. The Morgan fingerprint density at radius 1 is 0.128 bits per heavy atom. The quantitative estimate of drug-likeness (QED) is 0.146. The Kier molecular flexibility index (Phi) is 13.2. The summed E-state index contributed by atoms with van der Waals surface area (Å²) in [5.74, 6) is 0. The van der Waals surface area contributed by atoms with Gasteiger partial charge in [-0.3, -0.25) is 0 Å². The van der Waals surface area contributed by atoms with Crippen molar-refractivity contribution in [2.45, 2.75) is 0 Å². The van der Waals surface area contributed by atoms with E-state index in [9.17, 15) is 0 Å². The molecule has 0 heterocycles. The van der Waals surface area contributed by atoms with Crippen LogP contribution in [0.15, 0.2) is 328 Å². The standard InChI is InChI=1S/3C26H18/c1-3-11-19(12-4-1)25-21-15-7-9-17-23(21)26(20-13-5-2-6-14-20)24-18-10-8-16-22(24)25;1-3-9-19(10-4-1)25-17-23-15-21-13-7-8-14-22(21)16-24(23)18-26(25)20-11-5-2-6-12-20;1-3-9-19(10-4-1)23-15-16-24(20-11-5-2-6-12-20)26-18-22-14-8-7-13-21(22)17-25(23)26/h3*1-18H. The Labute approximate surface area is 456 Å². The average molecular weight is 991 g/mol. The van der Waals surface area contributed by atoms with Crippen molar-refractivity contribution in [3.05, 3.63) is 328 Å². The number of hydrogen-bond donors (Lipinski definition) is 0. The SMILES string of the molecule is c1ccc(-c2c3ccccc3c(-c3ccccc3)c3ccccc23)cc1.c1ccc(-c2cc3cc4ccccc4cc3cc2-c2ccccc2)cc1.c1ccc(-c2ccc(-c3ccccc3)c3cc4ccccc4cc23)cc1. The minimum Gasteiger partial charge on any atom is -0.0622 e. The fourth-order valence-corrected chi connectivity index (χ4v) is 11.4. The summed E-state index contributed by atoms with van der Waals surface area (Å²) in [6, 6.07) is 117. The highest BCUT2D eigenvalue weighted by Gasteiger charge is 2.17. The van der Waals surface area contributed by atoms with Gasteiger partial charge < -0.3 is 0 Å². The summed E-state index contributed by atoms with van der Waals surface area (Å²) in [6.45, 7) is 0. The molecule has 0 amide bonds. The maximum Gasteiger partial charge on any atom is -0.00264 e. The van der Waals surface area contributed by atoms with Crippen LogP contribution >= 0.6 is 0 Å². The number of benzene rings is 15. The fraction of sp³-hybridized carbons (Fsp3) is 0. The van der Waals surface area contributed by atoms with Gasteiger partial charge >= 0.3 is 0 Å². The Bertz CT molecular complexity index is 4200. The van der Waals surface area contributed by atoms with Crippen molar-refractivity contribution < 1.29 is 0 Å². The molecule has 15 rings (SSSR count). The first-order valence-electron chi connectivity index (χ1n) is 26.9. The van der Waals surface area contributed by atoms with Crippen molar-refractivity contribution >= 4 is 64.6 Å². The van der Waals surface area contributed by atoms with E-state index in [0.29, 0.717) is 0 Å². The van der Waals surface area contributed by atoms with Crippen molar-refractivity contribution in [2.24, 2.45) is 0 Å². The van der Waals surface area contributed by atoms with E-state index in [1.807, 2.05) is 0 Å². The third kappa shape index (κ3) is 9.49. The lowest BCUT2D eigenvalue weighted by Gasteiger charge is -2.17. The molecular formula is C78H54. The zero-order valence-corrected chi connectivity index (χ0v) is 43.2. The van der Waals surface area contributed by atoms with Crippen LogP contribution in [0.5, 0.6) is 0 Å². The van der Waals surface area contributed by atoms with Crippen molar-refractivity contribution in [3.8, 4) is 66.8 Å². The van der Waals surface area contributed by atoms with Crippen molar-refractivity contribution in [3.63, 3.8) is 0 Å². The van der Waals surface area contributed by atoms with Crippen LogP contribution < -0.4 is 0 Å². The highest BCUT2D eigenvalue weighted by Crippen LogP contribution is 2.44. The molecule has 0 nitrogen and oxygen atoms in total. The Morgan fingerprint density at radius 2 is 0.359 bits per heavy atom. The second-order valence-corrected chi connectivity index (χ2v) is 19.9. The van der Waals surface area contributed by atoms with Crippen LogP contribution in [0.1, 0.15) is 0 Å². The molecule has 0 aromatic heterocycles. The van der Waals surface area contributed by atoms with Gasteiger partial charge in [-0.15, -0.1) is 0 Å². The topological polar surface area (TPSA) is 0 Å². The fourth-order valence-electron chi connectivity index (χ4n) is 11.4. The molecule has 0 N–H and O–H groups in total. The first-order chi connectivity index (χ1) is 38.7. The number of fused-ring (bicyclic) bond motifs is 6. The summed E-state index contributed by atoms with van der Waals surface area (Å²) < 4.78 is 0. The molecule has 0 heteroatoms. The molecule has 366 valence electrons. The third-order valence-corrected chi connectivity index (χ3v) is 15.1. The summed E-state index contributed by atoms with van der Waals surface area (Å²) in [7, 11) is 0. The number of hydrogen-bond acceptors (Lipinski definition) is 0. The highest BCUT2D eigenvalue weighted by atomic mass is 14.2. The maximum atomic E-state index is 2.33. The van der Waals surface area contributed by atoms with Crippen molar-refractivity contribution in [2.75, 3.05) is 0 Å². The normalized spacial score (nSPS) is 11.1. The predicted molar refractivity (Wildman–Crippen MR) is 337 cm³/mol. The first kappa shape index (κ1) is 47.6. The van der Waals surface area contributed by atoms with E-state index in [-0.39, 0.29) is 0 Å². The van der Waals surface area contributed by atoms with E-state index >= 15 is 0 Å². The second kappa shape index (κ2) is 21.6. The van der Waals surface area contributed by atoms with Crippen LogP contribution in [0, 0.1) is 0 Å². The monoisotopic (exact) mass is 990 g/mol. The van der Waals surface area contributed by atoms with E-state index in [1.165, 1.54) is 131 Å². The summed E-state index contributed by atoms with van der Waals surface area (Å²) in [6.07, 6.45) is 0. The van der Waals surface area contributed by atoms with E-state index in [0.717, 1.165) is 0 Å². The van der Waals surface area contributed by atoms with Crippen molar-refractivity contribution in [1.82, 2.24) is 0 Å². The van der Waals surface area contributed by atoms with Crippen LogP contribution in [0.4, 0.5) is 0 Å². The van der Waals surface area contributed by atoms with Crippen LogP contribution in [0.2, 0.25) is 0 Å². The summed E-state index contributed by atoms with van der Waals surface area (Å²) in [5.41, 5.74) is 15.3. The molecule has 78 heavy (non-hydrogen) atoms. The lowest BCUT2D eigenvalue weighted by atomic mass is 9.86. The van der Waals surface area contributed by atoms with E-state index in [1.54, 1.807) is 0 Å². The second-order valence-electron chi connectivity index (χ2n) is 19.9. The van der Waals surface area contributed by atoms with Crippen LogP contribution in [0.25, 0.3) is 131 Å². The molecule has 15 aromatic rings. The molecule has 0 aliphatic rings. The molecule has 0 aliphatic carbocycles. The lowest BCUT2D eigenvalue weighted by Crippen LogP contribution is -1.90. The molecule has 0 fully saturated rings. The smallest absolute Gasteiger partial charge is 0.00264 e. The van der Waals surface area contributed by atoms with Gasteiger partial charge in [0.05, 0.1) is 0 Å². The Balaban J connectivity index is 0.000000111. The van der Waals surface area contributed by atoms with Gasteiger partial charge in [-0.1, -0.05) is 291 Å². The molecule has 0 bridgehead atoms. The van der Waals surface area contributed by atoms with Gasteiger partial charge in [0.2, 0.25) is 0 Å². The zero-order valence-electron chi connectivity index (χ0n) is 43.2. The van der Waals surface area contributed by atoms with Crippen LogP contribution in [-0.4, -0.2) is 0 Å². The summed E-state index contributed by atoms with van der Waals surface area (Å²) in [4.78, 5) is 0. The molecule has 0 atom stereocenters. The van der Waals surface area contributed by atoms with Gasteiger partial charge in [0.25, 0.3) is 0 Å². The number of rotatable bonds is 6. The largest absolute Gasteiger partial charge is 0.0622 e.